The van der Waals surface area contributed by atoms with Crippen molar-refractivity contribution in [2.45, 2.75) is 18.9 Å². The van der Waals surface area contributed by atoms with Gasteiger partial charge in [0.2, 0.25) is 0 Å². The maximum Gasteiger partial charge on any atom is 0.255 e. The highest BCUT2D eigenvalue weighted by Gasteiger charge is 2.32. The molecule has 15 heavy (non-hydrogen) atoms. The zero-order chi connectivity index (χ0) is 10.8. The molecule has 1 aromatic heterocycles. The molecule has 1 aromatic rings. The van der Waals surface area contributed by atoms with E-state index in [1.54, 1.807) is 0 Å². The number of carbonyl (C=O) groups excluding carboxylic acids is 1. The standard InChI is InChI=1S/C10H11BrClNOS/c11-9-5-7(6-15-9)10(14)13(4-3-12)8-1-2-8/h5-6,8H,1-4H2. The van der Waals surface area contributed by atoms with Crippen LogP contribution in [0.5, 0.6) is 0 Å². The summed E-state index contributed by atoms with van der Waals surface area (Å²) in [4.78, 5) is 14.0. The minimum absolute atomic E-state index is 0.111. The van der Waals surface area contributed by atoms with E-state index < -0.39 is 0 Å². The van der Waals surface area contributed by atoms with Crippen LogP contribution in [0, 0.1) is 0 Å². The lowest BCUT2D eigenvalue weighted by Crippen LogP contribution is -2.34. The van der Waals surface area contributed by atoms with Crippen molar-refractivity contribution in [2.24, 2.45) is 0 Å². The second-order valence-electron chi connectivity index (χ2n) is 3.56. The van der Waals surface area contributed by atoms with Gasteiger partial charge in [0.05, 0.1) is 9.35 Å². The van der Waals surface area contributed by atoms with Crippen LogP contribution in [0.15, 0.2) is 15.2 Å². The average Bonchev–Trinajstić information content (AvgIpc) is 2.96. The fraction of sp³-hybridized carbons (Fsp3) is 0.500. The van der Waals surface area contributed by atoms with Crippen molar-refractivity contribution in [2.75, 3.05) is 12.4 Å². The van der Waals surface area contributed by atoms with Gasteiger partial charge in [-0.1, -0.05) is 0 Å². The number of hydrogen-bond acceptors (Lipinski definition) is 2. The van der Waals surface area contributed by atoms with E-state index in [0.717, 1.165) is 22.2 Å². The third-order valence-electron chi connectivity index (χ3n) is 2.39. The molecule has 1 fully saturated rings. The Labute approximate surface area is 106 Å². The first-order chi connectivity index (χ1) is 7.22. The predicted octanol–water partition coefficient (Wildman–Crippen LogP) is 3.35. The number of thiophene rings is 1. The minimum atomic E-state index is 0.111. The molecule has 1 saturated carbocycles. The van der Waals surface area contributed by atoms with E-state index in [1.807, 2.05) is 16.3 Å². The zero-order valence-electron chi connectivity index (χ0n) is 8.08. The lowest BCUT2D eigenvalue weighted by molar-refractivity contribution is 0.0754. The van der Waals surface area contributed by atoms with Gasteiger partial charge in [-0.2, -0.15) is 0 Å². The van der Waals surface area contributed by atoms with Gasteiger partial charge in [0.15, 0.2) is 0 Å². The summed E-state index contributed by atoms with van der Waals surface area (Å²) in [6.45, 7) is 0.651. The molecule has 0 bridgehead atoms. The van der Waals surface area contributed by atoms with Crippen molar-refractivity contribution in [3.05, 3.63) is 20.8 Å². The van der Waals surface area contributed by atoms with Crippen LogP contribution in [0.25, 0.3) is 0 Å². The van der Waals surface area contributed by atoms with Gasteiger partial charge in [-0.3, -0.25) is 4.79 Å². The first kappa shape index (κ1) is 11.4. The molecule has 0 aliphatic heterocycles. The molecule has 82 valence electrons. The number of halogens is 2. The maximum absolute atomic E-state index is 12.1. The van der Waals surface area contributed by atoms with Crippen molar-refractivity contribution in [1.29, 1.82) is 0 Å². The Balaban J connectivity index is 2.10. The molecule has 1 aliphatic rings. The second kappa shape index (κ2) is 4.85. The van der Waals surface area contributed by atoms with Crippen molar-refractivity contribution in [1.82, 2.24) is 4.90 Å². The normalized spacial score (nSPS) is 15.3. The largest absolute Gasteiger partial charge is 0.334 e. The predicted molar refractivity (Wildman–Crippen MR) is 66.8 cm³/mol. The summed E-state index contributed by atoms with van der Waals surface area (Å²) in [6, 6.07) is 2.30. The highest BCUT2D eigenvalue weighted by Crippen LogP contribution is 2.29. The van der Waals surface area contributed by atoms with E-state index in [2.05, 4.69) is 15.9 Å². The molecule has 1 heterocycles. The van der Waals surface area contributed by atoms with E-state index in [-0.39, 0.29) is 5.91 Å². The van der Waals surface area contributed by atoms with Gasteiger partial charge in [0.1, 0.15) is 0 Å². The third-order valence-corrected chi connectivity index (χ3v) is 4.06. The van der Waals surface area contributed by atoms with E-state index >= 15 is 0 Å². The van der Waals surface area contributed by atoms with Crippen molar-refractivity contribution >= 4 is 44.8 Å². The summed E-state index contributed by atoms with van der Waals surface area (Å²) in [5.74, 6) is 0.619. The Hall–Kier alpha value is -0.0600. The molecule has 2 nitrogen and oxygen atoms in total. The number of carbonyl (C=O) groups is 1. The number of hydrogen-bond donors (Lipinski definition) is 0. The quantitative estimate of drug-likeness (QED) is 0.781. The molecular weight excluding hydrogens is 298 g/mol. The molecule has 0 spiro atoms. The van der Waals surface area contributed by atoms with E-state index in [1.165, 1.54) is 11.3 Å². The smallest absolute Gasteiger partial charge is 0.255 e. The molecule has 1 aliphatic carbocycles. The number of alkyl halides is 1. The Morgan fingerprint density at radius 2 is 2.40 bits per heavy atom. The first-order valence-electron chi connectivity index (χ1n) is 4.83. The third kappa shape index (κ3) is 2.74. The van der Waals surface area contributed by atoms with Crippen LogP contribution in [-0.2, 0) is 0 Å². The van der Waals surface area contributed by atoms with Crippen molar-refractivity contribution in [3.63, 3.8) is 0 Å². The Morgan fingerprint density at radius 1 is 1.67 bits per heavy atom. The summed E-state index contributed by atoms with van der Waals surface area (Å²) >= 11 is 10.6. The Morgan fingerprint density at radius 3 is 2.87 bits per heavy atom. The summed E-state index contributed by atoms with van der Waals surface area (Å²) in [7, 11) is 0. The lowest BCUT2D eigenvalue weighted by Gasteiger charge is -2.20. The van der Waals surface area contributed by atoms with Gasteiger partial charge >= 0.3 is 0 Å². The monoisotopic (exact) mass is 307 g/mol. The summed E-state index contributed by atoms with van der Waals surface area (Å²) in [5, 5.41) is 1.88. The van der Waals surface area contributed by atoms with Gasteiger partial charge in [-0.05, 0) is 34.8 Å². The maximum atomic E-state index is 12.1. The molecule has 0 unspecified atom stereocenters. The van der Waals surface area contributed by atoms with Gasteiger partial charge in [0.25, 0.3) is 5.91 Å². The number of nitrogens with zero attached hydrogens (tertiary/aromatic N) is 1. The summed E-state index contributed by atoms with van der Waals surface area (Å²) in [5.41, 5.74) is 0.767. The lowest BCUT2D eigenvalue weighted by atomic mass is 10.3. The molecule has 1 amide bonds. The van der Waals surface area contributed by atoms with Crippen LogP contribution in [0.2, 0.25) is 0 Å². The van der Waals surface area contributed by atoms with E-state index in [4.69, 9.17) is 11.6 Å². The highest BCUT2D eigenvalue weighted by molar-refractivity contribution is 9.11. The first-order valence-corrected chi connectivity index (χ1v) is 7.04. The minimum Gasteiger partial charge on any atom is -0.334 e. The average molecular weight is 309 g/mol. The van der Waals surface area contributed by atoms with Gasteiger partial charge in [0, 0.05) is 23.8 Å². The van der Waals surface area contributed by atoms with Gasteiger partial charge in [-0.15, -0.1) is 22.9 Å². The van der Waals surface area contributed by atoms with Crippen LogP contribution in [0.4, 0.5) is 0 Å². The molecule has 0 atom stereocenters. The molecule has 0 N–H and O–H groups in total. The van der Waals surface area contributed by atoms with Gasteiger partial charge < -0.3 is 4.90 Å². The van der Waals surface area contributed by atoms with Crippen molar-refractivity contribution in [3.8, 4) is 0 Å². The number of rotatable bonds is 4. The van der Waals surface area contributed by atoms with Crippen LogP contribution in [-0.4, -0.2) is 29.3 Å². The van der Waals surface area contributed by atoms with Crippen LogP contribution in [0.3, 0.4) is 0 Å². The molecule has 0 saturated heterocycles. The highest BCUT2D eigenvalue weighted by atomic mass is 79.9. The zero-order valence-corrected chi connectivity index (χ0v) is 11.2. The molecule has 2 rings (SSSR count). The number of amides is 1. The fourth-order valence-electron chi connectivity index (χ4n) is 1.52. The fourth-order valence-corrected chi connectivity index (χ4v) is 2.83. The van der Waals surface area contributed by atoms with Gasteiger partial charge in [-0.25, -0.2) is 0 Å². The van der Waals surface area contributed by atoms with E-state index in [9.17, 15) is 4.79 Å². The van der Waals surface area contributed by atoms with Crippen LogP contribution in [0.1, 0.15) is 23.2 Å². The summed E-state index contributed by atoms with van der Waals surface area (Å²) in [6.07, 6.45) is 2.24. The Bertz CT molecular complexity index is 364. The van der Waals surface area contributed by atoms with E-state index in [0.29, 0.717) is 18.5 Å². The molecule has 0 aromatic carbocycles. The van der Waals surface area contributed by atoms with Crippen LogP contribution < -0.4 is 0 Å². The van der Waals surface area contributed by atoms with Crippen molar-refractivity contribution < 1.29 is 4.79 Å². The topological polar surface area (TPSA) is 20.3 Å². The molecule has 5 heteroatoms. The summed E-state index contributed by atoms with van der Waals surface area (Å²) < 4.78 is 0.993. The van der Waals surface area contributed by atoms with Crippen LogP contribution >= 0.6 is 38.9 Å². The second-order valence-corrected chi connectivity index (χ2v) is 6.23. The SMILES string of the molecule is O=C(c1csc(Br)c1)N(CCCl)C1CC1. The Kier molecular flexibility index (Phi) is 3.69. The molecular formula is C10H11BrClNOS. The molecule has 0 radical (unpaired) electrons.